The molecule has 98 valence electrons. The molecule has 2 rings (SSSR count). The number of carbonyl (C=O) groups is 1. The summed E-state index contributed by atoms with van der Waals surface area (Å²) in [6.45, 7) is 1.30. The Balaban J connectivity index is 1.95. The van der Waals surface area contributed by atoms with Gasteiger partial charge in [0.15, 0.2) is 5.79 Å². The van der Waals surface area contributed by atoms with E-state index in [1.807, 2.05) is 0 Å². The van der Waals surface area contributed by atoms with Crippen molar-refractivity contribution in [3.05, 3.63) is 0 Å². The van der Waals surface area contributed by atoms with Crippen LogP contribution in [0.3, 0.4) is 0 Å². The number of ether oxygens (including phenoxy) is 2. The minimum Gasteiger partial charge on any atom is -0.346 e. The average Bonchev–Trinajstić information content (AvgIpc) is 2.64. The first-order valence-corrected chi connectivity index (χ1v) is 5.53. The van der Waals surface area contributed by atoms with Gasteiger partial charge in [0.05, 0.1) is 19.8 Å². The molecular formula is C10H14F3NO3. The Morgan fingerprint density at radius 2 is 1.94 bits per heavy atom. The standard InChI is InChI=1S/C10H14F3NO3/c11-10(12,13)6-8(15)14-3-1-2-9(7-14)16-4-5-17-9/h1-7H2. The molecule has 0 bridgehead atoms. The summed E-state index contributed by atoms with van der Waals surface area (Å²) in [5.41, 5.74) is 0. The number of alkyl halides is 3. The minimum absolute atomic E-state index is 0.0991. The third-order valence-electron chi connectivity index (χ3n) is 2.94. The van der Waals surface area contributed by atoms with Crippen LogP contribution in [0.25, 0.3) is 0 Å². The molecule has 0 aromatic rings. The van der Waals surface area contributed by atoms with Gasteiger partial charge in [0.1, 0.15) is 6.42 Å². The Morgan fingerprint density at radius 3 is 2.53 bits per heavy atom. The van der Waals surface area contributed by atoms with E-state index < -0.39 is 24.3 Å². The Bertz CT molecular complexity index is 300. The van der Waals surface area contributed by atoms with Crippen molar-refractivity contribution in [3.8, 4) is 0 Å². The van der Waals surface area contributed by atoms with Gasteiger partial charge in [-0.25, -0.2) is 0 Å². The van der Waals surface area contributed by atoms with Gasteiger partial charge >= 0.3 is 6.18 Å². The van der Waals surface area contributed by atoms with E-state index in [1.165, 1.54) is 4.90 Å². The molecule has 0 aromatic carbocycles. The van der Waals surface area contributed by atoms with Crippen molar-refractivity contribution in [2.75, 3.05) is 26.3 Å². The number of likely N-dealkylation sites (tertiary alicyclic amines) is 1. The molecule has 2 aliphatic rings. The molecule has 2 saturated heterocycles. The van der Waals surface area contributed by atoms with E-state index in [1.54, 1.807) is 0 Å². The van der Waals surface area contributed by atoms with E-state index in [-0.39, 0.29) is 6.54 Å². The van der Waals surface area contributed by atoms with Crippen LogP contribution < -0.4 is 0 Å². The van der Waals surface area contributed by atoms with Crippen molar-refractivity contribution in [1.82, 2.24) is 4.90 Å². The number of halogens is 3. The van der Waals surface area contributed by atoms with Crippen LogP contribution in [0.1, 0.15) is 19.3 Å². The summed E-state index contributed by atoms with van der Waals surface area (Å²) < 4.78 is 47.1. The fraction of sp³-hybridized carbons (Fsp3) is 0.900. The van der Waals surface area contributed by atoms with Crippen LogP contribution in [0, 0.1) is 0 Å². The molecule has 0 N–H and O–H groups in total. The normalized spacial score (nSPS) is 24.3. The lowest BCUT2D eigenvalue weighted by molar-refractivity contribution is -0.199. The summed E-state index contributed by atoms with van der Waals surface area (Å²) in [5, 5.41) is 0. The van der Waals surface area contributed by atoms with Crippen LogP contribution in [0.4, 0.5) is 13.2 Å². The van der Waals surface area contributed by atoms with Crippen LogP contribution in [0.15, 0.2) is 0 Å². The largest absolute Gasteiger partial charge is 0.397 e. The maximum absolute atomic E-state index is 12.1. The third-order valence-corrected chi connectivity index (χ3v) is 2.94. The van der Waals surface area contributed by atoms with Crippen molar-refractivity contribution < 1.29 is 27.4 Å². The van der Waals surface area contributed by atoms with E-state index in [0.717, 1.165) is 0 Å². The Morgan fingerprint density at radius 1 is 1.29 bits per heavy atom. The number of hydrogen-bond donors (Lipinski definition) is 0. The number of rotatable bonds is 1. The fourth-order valence-corrected chi connectivity index (χ4v) is 2.22. The maximum Gasteiger partial charge on any atom is 0.397 e. The molecule has 2 heterocycles. The van der Waals surface area contributed by atoms with Crippen molar-refractivity contribution in [2.45, 2.75) is 31.2 Å². The summed E-state index contributed by atoms with van der Waals surface area (Å²) in [6, 6.07) is 0. The van der Waals surface area contributed by atoms with Gasteiger partial charge in [0.25, 0.3) is 0 Å². The second kappa shape index (κ2) is 4.45. The second-order valence-electron chi connectivity index (χ2n) is 4.32. The molecule has 2 aliphatic heterocycles. The zero-order chi connectivity index (χ0) is 12.5. The quantitative estimate of drug-likeness (QED) is 0.707. The molecule has 4 nitrogen and oxygen atoms in total. The van der Waals surface area contributed by atoms with E-state index in [0.29, 0.717) is 32.6 Å². The monoisotopic (exact) mass is 253 g/mol. The van der Waals surface area contributed by atoms with Crippen molar-refractivity contribution in [2.24, 2.45) is 0 Å². The van der Waals surface area contributed by atoms with Gasteiger partial charge in [0.2, 0.25) is 5.91 Å². The first-order chi connectivity index (χ1) is 7.90. The number of hydrogen-bond acceptors (Lipinski definition) is 3. The Kier molecular flexibility index (Phi) is 3.31. The SMILES string of the molecule is O=C(CC(F)(F)F)N1CCCC2(C1)OCCO2. The van der Waals surface area contributed by atoms with Gasteiger partial charge < -0.3 is 14.4 Å². The molecule has 0 atom stereocenters. The minimum atomic E-state index is -4.46. The molecule has 0 radical (unpaired) electrons. The molecular weight excluding hydrogens is 239 g/mol. The molecule has 0 saturated carbocycles. The van der Waals surface area contributed by atoms with Crippen LogP contribution in [0.5, 0.6) is 0 Å². The van der Waals surface area contributed by atoms with Gasteiger partial charge in [-0.2, -0.15) is 13.2 Å². The van der Waals surface area contributed by atoms with E-state index in [9.17, 15) is 18.0 Å². The molecule has 0 aliphatic carbocycles. The highest BCUT2D eigenvalue weighted by Crippen LogP contribution is 2.31. The van der Waals surface area contributed by atoms with Gasteiger partial charge in [-0.1, -0.05) is 0 Å². The van der Waals surface area contributed by atoms with E-state index in [2.05, 4.69) is 0 Å². The molecule has 1 spiro atoms. The lowest BCUT2D eigenvalue weighted by atomic mass is 10.0. The zero-order valence-corrected chi connectivity index (χ0v) is 9.26. The molecule has 0 unspecified atom stereocenters. The molecule has 1 amide bonds. The predicted octanol–water partition coefficient (Wildman–Crippen LogP) is 1.30. The predicted molar refractivity (Wildman–Crippen MR) is 51.1 cm³/mol. The van der Waals surface area contributed by atoms with Crippen LogP contribution in [0.2, 0.25) is 0 Å². The summed E-state index contributed by atoms with van der Waals surface area (Å²) >= 11 is 0. The van der Waals surface area contributed by atoms with Crippen LogP contribution >= 0.6 is 0 Å². The highest BCUT2D eigenvalue weighted by Gasteiger charge is 2.43. The average molecular weight is 253 g/mol. The van der Waals surface area contributed by atoms with Gasteiger partial charge in [-0.05, 0) is 6.42 Å². The second-order valence-corrected chi connectivity index (χ2v) is 4.32. The van der Waals surface area contributed by atoms with Gasteiger partial charge in [-0.15, -0.1) is 0 Å². The lowest BCUT2D eigenvalue weighted by Gasteiger charge is -2.38. The van der Waals surface area contributed by atoms with E-state index in [4.69, 9.17) is 9.47 Å². The number of amides is 1. The first kappa shape index (κ1) is 12.6. The number of carbonyl (C=O) groups excluding carboxylic acids is 1. The summed E-state index contributed by atoms with van der Waals surface area (Å²) in [6.07, 6.45) is -4.64. The fourth-order valence-electron chi connectivity index (χ4n) is 2.22. The zero-order valence-electron chi connectivity index (χ0n) is 9.26. The molecule has 7 heteroatoms. The Hall–Kier alpha value is -0.820. The highest BCUT2D eigenvalue weighted by atomic mass is 19.4. The third kappa shape index (κ3) is 3.10. The van der Waals surface area contributed by atoms with Crippen molar-refractivity contribution >= 4 is 5.91 Å². The number of nitrogens with zero attached hydrogens (tertiary/aromatic N) is 1. The first-order valence-electron chi connectivity index (χ1n) is 5.53. The Labute approximate surface area is 96.7 Å². The smallest absolute Gasteiger partial charge is 0.346 e. The summed E-state index contributed by atoms with van der Waals surface area (Å²) in [5.74, 6) is -1.77. The van der Waals surface area contributed by atoms with Gasteiger partial charge in [0, 0.05) is 13.0 Å². The van der Waals surface area contributed by atoms with Crippen LogP contribution in [-0.2, 0) is 14.3 Å². The van der Waals surface area contributed by atoms with Crippen molar-refractivity contribution in [1.29, 1.82) is 0 Å². The van der Waals surface area contributed by atoms with Crippen molar-refractivity contribution in [3.63, 3.8) is 0 Å². The molecule has 0 aromatic heterocycles. The topological polar surface area (TPSA) is 38.8 Å². The molecule has 2 fully saturated rings. The van der Waals surface area contributed by atoms with Gasteiger partial charge in [-0.3, -0.25) is 4.79 Å². The number of piperidine rings is 1. The summed E-state index contributed by atoms with van der Waals surface area (Å²) in [7, 11) is 0. The van der Waals surface area contributed by atoms with Crippen LogP contribution in [-0.4, -0.2) is 49.1 Å². The lowest BCUT2D eigenvalue weighted by Crippen LogP contribution is -2.51. The summed E-state index contributed by atoms with van der Waals surface area (Å²) in [4.78, 5) is 12.6. The highest BCUT2D eigenvalue weighted by molar-refractivity contribution is 5.77. The maximum atomic E-state index is 12.1. The van der Waals surface area contributed by atoms with E-state index >= 15 is 0 Å². The molecule has 17 heavy (non-hydrogen) atoms.